The van der Waals surface area contributed by atoms with Crippen molar-refractivity contribution in [2.45, 2.75) is 25.3 Å². The molecule has 2 aliphatic rings. The molecule has 0 radical (unpaired) electrons. The summed E-state index contributed by atoms with van der Waals surface area (Å²) in [6.45, 7) is 7.25. The molecule has 0 aromatic heterocycles. The number of likely N-dealkylation sites (tertiary alicyclic amines) is 2. The Morgan fingerprint density at radius 2 is 2.05 bits per heavy atom. The van der Waals surface area contributed by atoms with Crippen LogP contribution in [0.2, 0.25) is 5.02 Å². The van der Waals surface area contributed by atoms with Crippen molar-refractivity contribution in [2.24, 2.45) is 0 Å². The van der Waals surface area contributed by atoms with Crippen LogP contribution in [0.3, 0.4) is 0 Å². The van der Waals surface area contributed by atoms with Crippen LogP contribution in [0.15, 0.2) is 24.3 Å². The number of nitrogens with one attached hydrogen (secondary N) is 1. The first kappa shape index (κ1) is 14.2. The van der Waals surface area contributed by atoms with E-state index in [1.54, 1.807) is 0 Å². The van der Waals surface area contributed by atoms with Crippen molar-refractivity contribution in [2.75, 3.05) is 44.6 Å². The van der Waals surface area contributed by atoms with Gasteiger partial charge in [0.2, 0.25) is 0 Å². The lowest BCUT2D eigenvalue weighted by Gasteiger charge is -2.23. The van der Waals surface area contributed by atoms with Gasteiger partial charge in [-0.3, -0.25) is 9.80 Å². The molecule has 2 saturated heterocycles. The number of anilines is 1. The Hall–Kier alpha value is -0.770. The summed E-state index contributed by atoms with van der Waals surface area (Å²) in [5.41, 5.74) is 1.12. The zero-order valence-electron chi connectivity index (χ0n) is 12.0. The largest absolute Gasteiger partial charge is 0.384 e. The predicted octanol–water partition coefficient (Wildman–Crippen LogP) is 2.92. The molecule has 0 amide bonds. The van der Waals surface area contributed by atoms with Crippen LogP contribution in [-0.4, -0.2) is 55.1 Å². The summed E-state index contributed by atoms with van der Waals surface area (Å²) >= 11 is 5.99. The van der Waals surface area contributed by atoms with Crippen molar-refractivity contribution in [3.05, 3.63) is 29.3 Å². The number of hydrogen-bond acceptors (Lipinski definition) is 3. The average molecular weight is 294 g/mol. The molecule has 2 fully saturated rings. The van der Waals surface area contributed by atoms with E-state index in [1.807, 2.05) is 18.2 Å². The summed E-state index contributed by atoms with van der Waals surface area (Å²) in [7, 11) is 0. The van der Waals surface area contributed by atoms with E-state index in [4.69, 9.17) is 11.6 Å². The van der Waals surface area contributed by atoms with E-state index >= 15 is 0 Å². The molecule has 4 heteroatoms. The third-order valence-corrected chi connectivity index (χ3v) is 4.72. The molecule has 0 spiro atoms. The Kier molecular flexibility index (Phi) is 4.81. The van der Waals surface area contributed by atoms with Crippen molar-refractivity contribution in [3.8, 4) is 0 Å². The fraction of sp³-hybridized carbons (Fsp3) is 0.625. The van der Waals surface area contributed by atoms with Gasteiger partial charge in [-0.2, -0.15) is 0 Å². The molecular formula is C16H24ClN3. The first-order chi connectivity index (χ1) is 9.81. The maximum absolute atomic E-state index is 5.99. The Bertz CT molecular complexity index is 431. The normalized spacial score (nSPS) is 24.4. The third kappa shape index (κ3) is 3.66. The van der Waals surface area contributed by atoms with Crippen molar-refractivity contribution in [1.29, 1.82) is 0 Å². The molecule has 3 rings (SSSR count). The van der Waals surface area contributed by atoms with Crippen LogP contribution in [0, 0.1) is 0 Å². The Balaban J connectivity index is 1.39. The van der Waals surface area contributed by atoms with Crippen molar-refractivity contribution >= 4 is 17.3 Å². The third-order valence-electron chi connectivity index (χ3n) is 4.49. The van der Waals surface area contributed by atoms with Crippen LogP contribution in [0.5, 0.6) is 0 Å². The van der Waals surface area contributed by atoms with Crippen LogP contribution in [-0.2, 0) is 0 Å². The van der Waals surface area contributed by atoms with Gasteiger partial charge in [0, 0.05) is 36.4 Å². The zero-order valence-corrected chi connectivity index (χ0v) is 12.8. The number of benzene rings is 1. The van der Waals surface area contributed by atoms with Gasteiger partial charge in [-0.05, 0) is 57.1 Å². The summed E-state index contributed by atoms with van der Waals surface area (Å²) in [5, 5.41) is 4.25. The summed E-state index contributed by atoms with van der Waals surface area (Å²) in [6, 6.07) is 8.77. The van der Waals surface area contributed by atoms with E-state index < -0.39 is 0 Å². The molecule has 1 unspecified atom stereocenters. The Morgan fingerprint density at radius 3 is 2.85 bits per heavy atom. The van der Waals surface area contributed by atoms with Gasteiger partial charge in [0.1, 0.15) is 0 Å². The number of nitrogens with zero attached hydrogens (tertiary/aromatic N) is 2. The lowest BCUT2D eigenvalue weighted by molar-refractivity contribution is 0.234. The van der Waals surface area contributed by atoms with Crippen LogP contribution in [0.4, 0.5) is 5.69 Å². The standard InChI is InChI=1S/C16H24ClN3/c17-14-4-3-5-15(12-14)18-7-11-19-10-6-16(13-19)20-8-1-2-9-20/h3-5,12,16,18H,1-2,6-11,13H2. The van der Waals surface area contributed by atoms with E-state index in [1.165, 1.54) is 45.4 Å². The van der Waals surface area contributed by atoms with E-state index in [2.05, 4.69) is 21.2 Å². The first-order valence-electron chi connectivity index (χ1n) is 7.77. The number of halogens is 1. The predicted molar refractivity (Wildman–Crippen MR) is 85.6 cm³/mol. The van der Waals surface area contributed by atoms with Gasteiger partial charge < -0.3 is 5.32 Å². The highest BCUT2D eigenvalue weighted by molar-refractivity contribution is 6.30. The molecule has 0 saturated carbocycles. The fourth-order valence-corrected chi connectivity index (χ4v) is 3.57. The van der Waals surface area contributed by atoms with Crippen LogP contribution >= 0.6 is 11.6 Å². The lowest BCUT2D eigenvalue weighted by atomic mass is 10.2. The minimum atomic E-state index is 0.797. The molecule has 110 valence electrons. The Labute approximate surface area is 126 Å². The summed E-state index contributed by atoms with van der Waals surface area (Å²) in [6.07, 6.45) is 4.14. The van der Waals surface area contributed by atoms with E-state index in [9.17, 15) is 0 Å². The highest BCUT2D eigenvalue weighted by Crippen LogP contribution is 2.20. The number of hydrogen-bond donors (Lipinski definition) is 1. The van der Waals surface area contributed by atoms with Gasteiger partial charge >= 0.3 is 0 Å². The van der Waals surface area contributed by atoms with Gasteiger partial charge in [-0.1, -0.05) is 17.7 Å². The van der Waals surface area contributed by atoms with E-state index in [0.29, 0.717) is 0 Å². The molecule has 1 N–H and O–H groups in total. The molecule has 1 aromatic rings. The molecule has 0 aliphatic carbocycles. The zero-order chi connectivity index (χ0) is 13.8. The highest BCUT2D eigenvalue weighted by Gasteiger charge is 2.28. The molecule has 0 bridgehead atoms. The second-order valence-electron chi connectivity index (χ2n) is 5.92. The second-order valence-corrected chi connectivity index (χ2v) is 6.36. The molecule has 1 atom stereocenters. The summed E-state index contributed by atoms with van der Waals surface area (Å²) < 4.78 is 0. The molecular weight excluding hydrogens is 270 g/mol. The van der Waals surface area contributed by atoms with Gasteiger partial charge in [-0.15, -0.1) is 0 Å². The van der Waals surface area contributed by atoms with Gasteiger partial charge in [0.15, 0.2) is 0 Å². The van der Waals surface area contributed by atoms with Crippen molar-refractivity contribution in [3.63, 3.8) is 0 Å². The summed E-state index contributed by atoms with van der Waals surface area (Å²) in [4.78, 5) is 5.27. The first-order valence-corrected chi connectivity index (χ1v) is 8.15. The van der Waals surface area contributed by atoms with Gasteiger partial charge in [-0.25, -0.2) is 0 Å². The van der Waals surface area contributed by atoms with Crippen LogP contribution < -0.4 is 5.32 Å². The van der Waals surface area contributed by atoms with Gasteiger partial charge in [0.05, 0.1) is 0 Å². The Morgan fingerprint density at radius 1 is 1.20 bits per heavy atom. The highest BCUT2D eigenvalue weighted by atomic mass is 35.5. The number of rotatable bonds is 5. The van der Waals surface area contributed by atoms with Crippen LogP contribution in [0.25, 0.3) is 0 Å². The monoisotopic (exact) mass is 293 g/mol. The van der Waals surface area contributed by atoms with Crippen molar-refractivity contribution < 1.29 is 0 Å². The molecule has 2 heterocycles. The maximum Gasteiger partial charge on any atom is 0.0426 e. The quantitative estimate of drug-likeness (QED) is 0.900. The average Bonchev–Trinajstić information content (AvgIpc) is 3.09. The smallest absolute Gasteiger partial charge is 0.0426 e. The lowest BCUT2D eigenvalue weighted by Crippen LogP contribution is -2.36. The minimum absolute atomic E-state index is 0.797. The molecule has 1 aromatic carbocycles. The molecule has 2 aliphatic heterocycles. The van der Waals surface area contributed by atoms with Crippen molar-refractivity contribution in [1.82, 2.24) is 9.80 Å². The molecule has 3 nitrogen and oxygen atoms in total. The topological polar surface area (TPSA) is 18.5 Å². The van der Waals surface area contributed by atoms with Crippen LogP contribution in [0.1, 0.15) is 19.3 Å². The fourth-order valence-electron chi connectivity index (χ4n) is 3.38. The molecule has 20 heavy (non-hydrogen) atoms. The van der Waals surface area contributed by atoms with E-state index in [-0.39, 0.29) is 0 Å². The van der Waals surface area contributed by atoms with Gasteiger partial charge in [0.25, 0.3) is 0 Å². The van der Waals surface area contributed by atoms with E-state index in [0.717, 1.165) is 29.8 Å². The SMILES string of the molecule is Clc1cccc(NCCN2CCC(N3CCCC3)C2)c1. The summed E-state index contributed by atoms with van der Waals surface area (Å²) in [5.74, 6) is 0. The second kappa shape index (κ2) is 6.79. The maximum atomic E-state index is 5.99. The minimum Gasteiger partial charge on any atom is -0.384 e.